The van der Waals surface area contributed by atoms with E-state index < -0.39 is 0 Å². The molecular formula is C10H8N4O2S. The van der Waals surface area contributed by atoms with Crippen LogP contribution in [0.3, 0.4) is 0 Å². The second kappa shape index (κ2) is 5.20. The van der Waals surface area contributed by atoms with E-state index in [1.807, 2.05) is 0 Å². The highest BCUT2D eigenvalue weighted by atomic mass is 32.1. The molecule has 0 aliphatic heterocycles. The minimum atomic E-state index is 0.277. The predicted molar refractivity (Wildman–Crippen MR) is 63.0 cm³/mol. The van der Waals surface area contributed by atoms with Crippen LogP contribution in [0.1, 0.15) is 11.3 Å². The smallest absolute Gasteiger partial charge is 0.296 e. The van der Waals surface area contributed by atoms with Crippen LogP contribution in [0, 0.1) is 0 Å². The van der Waals surface area contributed by atoms with E-state index in [4.69, 9.17) is 10.5 Å². The Morgan fingerprint density at radius 1 is 1.47 bits per heavy atom. The summed E-state index contributed by atoms with van der Waals surface area (Å²) in [7, 11) is 0. The molecule has 0 fully saturated rings. The molecule has 0 aromatic carbocycles. The van der Waals surface area contributed by atoms with Gasteiger partial charge in [-0.3, -0.25) is 4.98 Å². The van der Waals surface area contributed by atoms with Crippen LogP contribution in [0.5, 0.6) is 5.19 Å². The maximum Gasteiger partial charge on any atom is 0.296 e. The van der Waals surface area contributed by atoms with Gasteiger partial charge >= 0.3 is 0 Å². The molecule has 86 valence electrons. The van der Waals surface area contributed by atoms with Gasteiger partial charge in [0.1, 0.15) is 12.5 Å². The van der Waals surface area contributed by atoms with Gasteiger partial charge in [-0.2, -0.15) is 0 Å². The maximum absolute atomic E-state index is 10.1. The number of carbonyl (C=O) groups excluding carboxylic acids is 1. The Kier molecular flexibility index (Phi) is 3.44. The zero-order chi connectivity index (χ0) is 12.1. The first-order valence-electron chi connectivity index (χ1n) is 4.65. The lowest BCUT2D eigenvalue weighted by molar-refractivity contribution is 0.297. The van der Waals surface area contributed by atoms with Crippen LogP contribution in [-0.2, 0) is 11.4 Å². The van der Waals surface area contributed by atoms with Crippen molar-refractivity contribution in [1.29, 1.82) is 0 Å². The third-order valence-corrected chi connectivity index (χ3v) is 2.50. The van der Waals surface area contributed by atoms with Crippen molar-refractivity contribution >= 4 is 28.5 Å². The zero-order valence-corrected chi connectivity index (χ0v) is 9.48. The van der Waals surface area contributed by atoms with Crippen LogP contribution in [0.4, 0.5) is 5.13 Å². The number of hydrogen-bond donors (Lipinski definition) is 1. The predicted octanol–water partition coefficient (Wildman–Crippen LogP) is 0.939. The van der Waals surface area contributed by atoms with E-state index in [0.29, 0.717) is 15.9 Å². The number of aromatic nitrogens is 3. The van der Waals surface area contributed by atoms with Gasteiger partial charge in [0.2, 0.25) is 5.13 Å². The number of nitrogens with two attached hydrogens (primary N) is 1. The van der Waals surface area contributed by atoms with Crippen LogP contribution in [0.2, 0.25) is 0 Å². The van der Waals surface area contributed by atoms with Gasteiger partial charge in [0.15, 0.2) is 0 Å². The van der Waals surface area contributed by atoms with E-state index in [2.05, 4.69) is 15.2 Å². The minimum absolute atomic E-state index is 0.277. The molecule has 6 nitrogen and oxygen atoms in total. The van der Waals surface area contributed by atoms with Gasteiger partial charge in [-0.05, 0) is 17.4 Å². The Balaban J connectivity index is 1.97. The SMILES string of the molecule is Nc1nnc(OCc2ccc(C=C=O)cn2)s1. The number of hydrogen-bond acceptors (Lipinski definition) is 7. The molecule has 0 saturated carbocycles. The second-order valence-corrected chi connectivity index (χ2v) is 4.01. The van der Waals surface area contributed by atoms with E-state index in [1.165, 1.54) is 17.4 Å². The molecule has 2 aromatic rings. The Morgan fingerprint density at radius 3 is 2.94 bits per heavy atom. The molecule has 2 N–H and O–H groups in total. The average molecular weight is 248 g/mol. The van der Waals surface area contributed by atoms with Crippen molar-refractivity contribution in [3.05, 3.63) is 29.6 Å². The van der Waals surface area contributed by atoms with E-state index in [9.17, 15) is 4.79 Å². The zero-order valence-electron chi connectivity index (χ0n) is 8.66. The largest absolute Gasteiger partial charge is 0.462 e. The average Bonchev–Trinajstić information content (AvgIpc) is 2.75. The quantitative estimate of drug-likeness (QED) is 0.810. The van der Waals surface area contributed by atoms with Gasteiger partial charge in [0.05, 0.1) is 5.69 Å². The summed E-state index contributed by atoms with van der Waals surface area (Å²) in [4.78, 5) is 14.2. The molecule has 0 aliphatic rings. The van der Waals surface area contributed by atoms with Crippen molar-refractivity contribution in [2.24, 2.45) is 0 Å². The van der Waals surface area contributed by atoms with Gasteiger partial charge in [0.25, 0.3) is 5.19 Å². The summed E-state index contributed by atoms with van der Waals surface area (Å²) >= 11 is 1.17. The molecule has 2 aromatic heterocycles. The number of rotatable bonds is 4. The first-order valence-corrected chi connectivity index (χ1v) is 5.47. The summed E-state index contributed by atoms with van der Waals surface area (Å²) in [5.74, 6) is 1.69. The van der Waals surface area contributed by atoms with Crippen LogP contribution in [0.25, 0.3) is 6.08 Å². The highest BCUT2D eigenvalue weighted by Gasteiger charge is 2.02. The molecule has 0 saturated heterocycles. The third kappa shape index (κ3) is 3.10. The summed E-state index contributed by atoms with van der Waals surface area (Å²) in [6.45, 7) is 0.277. The molecule has 0 bridgehead atoms. The van der Waals surface area contributed by atoms with Crippen LogP contribution in [0.15, 0.2) is 18.3 Å². The Labute approximate surface area is 101 Å². The van der Waals surface area contributed by atoms with Gasteiger partial charge < -0.3 is 10.5 Å². The second-order valence-electron chi connectivity index (χ2n) is 3.04. The molecule has 0 unspecified atom stereocenters. The molecule has 17 heavy (non-hydrogen) atoms. The molecule has 0 aliphatic carbocycles. The molecule has 0 amide bonds. The lowest BCUT2D eigenvalue weighted by atomic mass is 10.2. The first-order chi connectivity index (χ1) is 8.28. The van der Waals surface area contributed by atoms with Crippen LogP contribution >= 0.6 is 11.3 Å². The van der Waals surface area contributed by atoms with E-state index in [1.54, 1.807) is 24.3 Å². The Morgan fingerprint density at radius 2 is 2.35 bits per heavy atom. The van der Waals surface area contributed by atoms with E-state index in [-0.39, 0.29) is 6.61 Å². The van der Waals surface area contributed by atoms with Gasteiger partial charge in [0, 0.05) is 17.8 Å². The topological polar surface area (TPSA) is 91.0 Å². The monoisotopic (exact) mass is 248 g/mol. The maximum atomic E-state index is 10.1. The van der Waals surface area contributed by atoms with Crippen molar-refractivity contribution in [3.63, 3.8) is 0 Å². The lowest BCUT2D eigenvalue weighted by Crippen LogP contribution is -1.97. The molecule has 0 atom stereocenters. The van der Waals surface area contributed by atoms with Crippen molar-refractivity contribution < 1.29 is 9.53 Å². The number of nitrogens with zero attached hydrogens (tertiary/aromatic N) is 3. The summed E-state index contributed by atoms with van der Waals surface area (Å²) in [5.41, 5.74) is 6.83. The summed E-state index contributed by atoms with van der Waals surface area (Å²) in [6.07, 6.45) is 2.88. The fourth-order valence-electron chi connectivity index (χ4n) is 1.09. The fraction of sp³-hybridized carbons (Fsp3) is 0.100. The number of nitrogen functional groups attached to an aromatic ring is 1. The summed E-state index contributed by atoms with van der Waals surface area (Å²) in [6, 6.07) is 3.51. The minimum Gasteiger partial charge on any atom is -0.462 e. The summed E-state index contributed by atoms with van der Waals surface area (Å²) < 4.78 is 5.33. The molecule has 2 heterocycles. The normalized spacial score (nSPS) is 9.65. The van der Waals surface area contributed by atoms with Crippen molar-refractivity contribution in [3.8, 4) is 5.19 Å². The van der Waals surface area contributed by atoms with Crippen molar-refractivity contribution in [1.82, 2.24) is 15.2 Å². The Hall–Kier alpha value is -2.24. The molecule has 0 spiro atoms. The van der Waals surface area contributed by atoms with Gasteiger partial charge in [-0.1, -0.05) is 11.2 Å². The van der Waals surface area contributed by atoms with Gasteiger partial charge in [-0.15, -0.1) is 5.10 Å². The number of ether oxygens (including phenoxy) is 1. The molecular weight excluding hydrogens is 240 g/mol. The van der Waals surface area contributed by atoms with Crippen LogP contribution < -0.4 is 10.5 Å². The van der Waals surface area contributed by atoms with E-state index >= 15 is 0 Å². The number of anilines is 1. The van der Waals surface area contributed by atoms with Crippen molar-refractivity contribution in [2.75, 3.05) is 5.73 Å². The third-order valence-electron chi connectivity index (χ3n) is 1.84. The standard InChI is InChI=1S/C10H8N4O2S/c11-9-13-14-10(17-9)16-6-8-2-1-7(3-4-15)5-12-8/h1-3,5H,6H2,(H2,11,13). The van der Waals surface area contributed by atoms with Gasteiger partial charge in [-0.25, -0.2) is 4.79 Å². The Bertz CT molecular complexity index is 546. The summed E-state index contributed by atoms with van der Waals surface area (Å²) in [5, 5.41) is 8.10. The first kappa shape index (κ1) is 11.3. The lowest BCUT2D eigenvalue weighted by Gasteiger charge is -2.00. The highest BCUT2D eigenvalue weighted by molar-refractivity contribution is 7.16. The van der Waals surface area contributed by atoms with Crippen molar-refractivity contribution in [2.45, 2.75) is 6.61 Å². The number of pyridine rings is 1. The van der Waals surface area contributed by atoms with Crippen LogP contribution in [-0.4, -0.2) is 21.1 Å². The molecule has 0 radical (unpaired) electrons. The highest BCUT2D eigenvalue weighted by Crippen LogP contribution is 2.19. The fourth-order valence-corrected chi connectivity index (χ4v) is 1.55. The van der Waals surface area contributed by atoms with E-state index in [0.717, 1.165) is 5.69 Å². The molecule has 7 heteroatoms. The molecule has 2 rings (SSSR count).